The zero-order valence-corrected chi connectivity index (χ0v) is 11.0. The molecule has 0 radical (unpaired) electrons. The van der Waals surface area contributed by atoms with Gasteiger partial charge in [-0.2, -0.15) is 0 Å². The van der Waals surface area contributed by atoms with Crippen molar-refractivity contribution in [3.05, 3.63) is 23.8 Å². The number of hydrogen-bond acceptors (Lipinski definition) is 3. The fourth-order valence-corrected chi connectivity index (χ4v) is 2.62. The predicted octanol–water partition coefficient (Wildman–Crippen LogP) is 2.85. The van der Waals surface area contributed by atoms with Crippen LogP contribution in [0.3, 0.4) is 0 Å². The van der Waals surface area contributed by atoms with Crippen LogP contribution in [0, 0.1) is 5.41 Å². The van der Waals surface area contributed by atoms with Crippen molar-refractivity contribution < 1.29 is 9.47 Å². The molecule has 1 atom stereocenters. The summed E-state index contributed by atoms with van der Waals surface area (Å²) in [5.41, 5.74) is 2.84. The second-order valence-corrected chi connectivity index (χ2v) is 5.75. The fraction of sp³-hybridized carbons (Fsp3) is 0.600. The number of ether oxygens (including phenoxy) is 2. The number of fused-ring (bicyclic) bond motifs is 1. The summed E-state index contributed by atoms with van der Waals surface area (Å²) in [6, 6.07) is 6.38. The molecule has 2 aliphatic rings. The van der Waals surface area contributed by atoms with Crippen LogP contribution in [0.5, 0.6) is 5.75 Å². The molecule has 1 N–H and O–H groups in total. The minimum atomic E-state index is 0.189. The van der Waals surface area contributed by atoms with Gasteiger partial charge in [-0.3, -0.25) is 0 Å². The van der Waals surface area contributed by atoms with E-state index in [1.807, 2.05) is 0 Å². The zero-order valence-electron chi connectivity index (χ0n) is 11.0. The molecule has 3 heteroatoms. The van der Waals surface area contributed by atoms with E-state index in [2.05, 4.69) is 30.4 Å². The highest BCUT2D eigenvalue weighted by atomic mass is 16.5. The predicted molar refractivity (Wildman–Crippen MR) is 72.3 cm³/mol. The van der Waals surface area contributed by atoms with E-state index in [1.54, 1.807) is 0 Å². The summed E-state index contributed by atoms with van der Waals surface area (Å²) in [7, 11) is 0. The average Bonchev–Trinajstić information content (AvgIpc) is 2.84. The monoisotopic (exact) mass is 247 g/mol. The van der Waals surface area contributed by atoms with E-state index in [0.29, 0.717) is 0 Å². The molecule has 0 aliphatic carbocycles. The molecule has 1 aromatic carbocycles. The maximum absolute atomic E-state index is 5.95. The fourth-order valence-electron chi connectivity index (χ4n) is 2.62. The second-order valence-electron chi connectivity index (χ2n) is 5.75. The molecule has 18 heavy (non-hydrogen) atoms. The van der Waals surface area contributed by atoms with Crippen molar-refractivity contribution in [2.75, 3.05) is 31.7 Å². The van der Waals surface area contributed by atoms with Crippen LogP contribution >= 0.6 is 0 Å². The van der Waals surface area contributed by atoms with E-state index in [-0.39, 0.29) is 5.41 Å². The lowest BCUT2D eigenvalue weighted by molar-refractivity contribution is 0.118. The van der Waals surface area contributed by atoms with Crippen molar-refractivity contribution in [1.82, 2.24) is 0 Å². The summed E-state index contributed by atoms with van der Waals surface area (Å²) in [6.07, 6.45) is 3.46. The van der Waals surface area contributed by atoms with Crippen molar-refractivity contribution in [3.63, 3.8) is 0 Å². The van der Waals surface area contributed by atoms with Gasteiger partial charge in [-0.05, 0) is 43.0 Å². The van der Waals surface area contributed by atoms with Crippen molar-refractivity contribution in [2.45, 2.75) is 26.2 Å². The molecule has 3 rings (SSSR count). The molecule has 98 valence electrons. The second kappa shape index (κ2) is 4.81. The maximum Gasteiger partial charge on any atom is 0.119 e. The van der Waals surface area contributed by atoms with Crippen LogP contribution in [0.4, 0.5) is 5.69 Å². The van der Waals surface area contributed by atoms with Crippen LogP contribution in [0.1, 0.15) is 25.3 Å². The van der Waals surface area contributed by atoms with E-state index >= 15 is 0 Å². The number of rotatable bonds is 3. The van der Waals surface area contributed by atoms with Gasteiger partial charge in [0.25, 0.3) is 0 Å². The molecule has 3 nitrogen and oxygen atoms in total. The van der Waals surface area contributed by atoms with Crippen molar-refractivity contribution in [1.29, 1.82) is 0 Å². The van der Waals surface area contributed by atoms with Crippen LogP contribution in [-0.4, -0.2) is 26.4 Å². The number of benzene rings is 1. The van der Waals surface area contributed by atoms with Crippen molar-refractivity contribution in [2.24, 2.45) is 5.41 Å². The Kier molecular flexibility index (Phi) is 3.16. The number of hydrogen-bond donors (Lipinski definition) is 1. The first-order valence-corrected chi connectivity index (χ1v) is 6.83. The molecule has 1 saturated heterocycles. The Morgan fingerprint density at radius 3 is 3.22 bits per heavy atom. The van der Waals surface area contributed by atoms with Gasteiger partial charge in [0.15, 0.2) is 0 Å². The summed E-state index contributed by atoms with van der Waals surface area (Å²) in [6.45, 7) is 5.76. The highest BCUT2D eigenvalue weighted by molar-refractivity contribution is 5.55. The molecule has 2 aliphatic heterocycles. The Labute approximate surface area is 108 Å². The van der Waals surface area contributed by atoms with Crippen molar-refractivity contribution in [3.8, 4) is 5.75 Å². The average molecular weight is 247 g/mol. The highest BCUT2D eigenvalue weighted by Crippen LogP contribution is 2.30. The maximum atomic E-state index is 5.95. The summed E-state index contributed by atoms with van der Waals surface area (Å²) < 4.78 is 11.4. The van der Waals surface area contributed by atoms with E-state index in [4.69, 9.17) is 9.47 Å². The Morgan fingerprint density at radius 1 is 1.44 bits per heavy atom. The van der Waals surface area contributed by atoms with Gasteiger partial charge in [0, 0.05) is 24.3 Å². The van der Waals surface area contributed by atoms with E-state index in [0.717, 1.165) is 45.0 Å². The molecular weight excluding hydrogens is 226 g/mol. The lowest BCUT2D eigenvalue weighted by Crippen LogP contribution is -2.25. The van der Waals surface area contributed by atoms with Gasteiger partial charge >= 0.3 is 0 Å². The molecule has 1 unspecified atom stereocenters. The van der Waals surface area contributed by atoms with Gasteiger partial charge in [0.05, 0.1) is 13.2 Å². The molecule has 0 saturated carbocycles. The minimum absolute atomic E-state index is 0.189. The largest absolute Gasteiger partial charge is 0.493 e. The summed E-state index contributed by atoms with van der Waals surface area (Å²) in [4.78, 5) is 0. The van der Waals surface area contributed by atoms with Gasteiger partial charge < -0.3 is 14.8 Å². The van der Waals surface area contributed by atoms with Gasteiger partial charge in [-0.25, -0.2) is 0 Å². The van der Waals surface area contributed by atoms with Crippen LogP contribution in [-0.2, 0) is 11.2 Å². The molecule has 0 aromatic heterocycles. The van der Waals surface area contributed by atoms with E-state index in [1.165, 1.54) is 17.7 Å². The highest BCUT2D eigenvalue weighted by Gasteiger charge is 2.30. The number of aryl methyl sites for hydroxylation is 1. The van der Waals surface area contributed by atoms with E-state index < -0.39 is 0 Å². The van der Waals surface area contributed by atoms with Gasteiger partial charge in [0.2, 0.25) is 0 Å². The molecule has 1 aromatic rings. The Balaban J connectivity index is 1.66. The van der Waals surface area contributed by atoms with Crippen LogP contribution < -0.4 is 10.1 Å². The van der Waals surface area contributed by atoms with Gasteiger partial charge in [-0.15, -0.1) is 0 Å². The summed E-state index contributed by atoms with van der Waals surface area (Å²) in [5.74, 6) is 0.991. The van der Waals surface area contributed by atoms with Gasteiger partial charge in [-0.1, -0.05) is 6.92 Å². The quantitative estimate of drug-likeness (QED) is 0.891. The normalized spacial score (nSPS) is 26.5. The first-order valence-electron chi connectivity index (χ1n) is 6.83. The molecule has 1 fully saturated rings. The van der Waals surface area contributed by atoms with Gasteiger partial charge in [0.1, 0.15) is 5.75 Å². The molecule has 0 spiro atoms. The van der Waals surface area contributed by atoms with Crippen LogP contribution in [0.25, 0.3) is 0 Å². The van der Waals surface area contributed by atoms with Crippen LogP contribution in [0.2, 0.25) is 0 Å². The SMILES string of the molecule is CC1(COc2ccc3c(c2)CCCN3)CCOC1. The molecule has 0 amide bonds. The third-order valence-electron chi connectivity index (χ3n) is 3.90. The lowest BCUT2D eigenvalue weighted by atomic mass is 9.91. The molecule has 2 heterocycles. The minimum Gasteiger partial charge on any atom is -0.493 e. The Morgan fingerprint density at radius 2 is 2.39 bits per heavy atom. The zero-order chi connectivity index (χ0) is 12.4. The number of anilines is 1. The molecular formula is C15H21NO2. The summed E-state index contributed by atoms with van der Waals surface area (Å²) in [5, 5.41) is 3.42. The van der Waals surface area contributed by atoms with Crippen molar-refractivity contribution >= 4 is 5.69 Å². The first kappa shape index (κ1) is 11.8. The smallest absolute Gasteiger partial charge is 0.119 e. The number of nitrogens with one attached hydrogen (secondary N) is 1. The standard InChI is InChI=1S/C15H21NO2/c1-15(6-8-17-10-15)11-18-13-4-5-14-12(9-13)3-2-7-16-14/h4-5,9,16H,2-3,6-8,10-11H2,1H3. The Bertz CT molecular complexity index is 425. The Hall–Kier alpha value is -1.22. The van der Waals surface area contributed by atoms with E-state index in [9.17, 15) is 0 Å². The van der Waals surface area contributed by atoms with Crippen LogP contribution in [0.15, 0.2) is 18.2 Å². The summed E-state index contributed by atoms with van der Waals surface area (Å²) >= 11 is 0. The third-order valence-corrected chi connectivity index (χ3v) is 3.90. The lowest BCUT2D eigenvalue weighted by Gasteiger charge is -2.23. The topological polar surface area (TPSA) is 30.5 Å². The third kappa shape index (κ3) is 2.46. The molecule has 0 bridgehead atoms. The first-order chi connectivity index (χ1) is 8.75.